The van der Waals surface area contributed by atoms with Crippen LogP contribution in [0.15, 0.2) is 42.9 Å². The monoisotopic (exact) mass is 198 g/mol. The predicted molar refractivity (Wildman–Crippen MR) is 59.7 cm³/mol. The van der Waals surface area contributed by atoms with E-state index in [1.54, 1.807) is 0 Å². The van der Waals surface area contributed by atoms with Crippen LogP contribution in [0.2, 0.25) is 0 Å². The number of hydrogen-bond acceptors (Lipinski definition) is 1. The van der Waals surface area contributed by atoms with Gasteiger partial charge in [0.1, 0.15) is 0 Å². The van der Waals surface area contributed by atoms with Crippen molar-refractivity contribution in [3.63, 3.8) is 0 Å². The second-order valence-corrected chi connectivity index (χ2v) is 4.11. The van der Waals surface area contributed by atoms with Gasteiger partial charge in [0.05, 0.1) is 12.4 Å². The third-order valence-electron chi connectivity index (χ3n) is 3.18. The van der Waals surface area contributed by atoms with Crippen molar-refractivity contribution in [2.24, 2.45) is 0 Å². The number of imidazole rings is 1. The summed E-state index contributed by atoms with van der Waals surface area (Å²) in [6, 6.07) is 11.2. The van der Waals surface area contributed by atoms with Gasteiger partial charge in [-0.1, -0.05) is 30.3 Å². The molecule has 0 radical (unpaired) electrons. The minimum atomic E-state index is 0.498. The summed E-state index contributed by atoms with van der Waals surface area (Å²) in [6.45, 7) is 0. The normalized spacial score (nSPS) is 19.9. The average Bonchev–Trinajstić information content (AvgIpc) is 2.78. The first kappa shape index (κ1) is 8.72. The van der Waals surface area contributed by atoms with Gasteiger partial charge in [-0.2, -0.15) is 0 Å². The number of benzene rings is 1. The molecule has 1 unspecified atom stereocenters. The van der Waals surface area contributed by atoms with E-state index in [-0.39, 0.29) is 0 Å². The van der Waals surface area contributed by atoms with Gasteiger partial charge in [-0.15, -0.1) is 0 Å². The fraction of sp³-hybridized carbons (Fsp3) is 0.308. The Kier molecular flexibility index (Phi) is 2.05. The van der Waals surface area contributed by atoms with Crippen molar-refractivity contribution in [3.8, 4) is 0 Å². The minimum absolute atomic E-state index is 0.498. The third kappa shape index (κ3) is 1.46. The number of hydrogen-bond donors (Lipinski definition) is 0. The highest BCUT2D eigenvalue weighted by molar-refractivity contribution is 5.22. The second kappa shape index (κ2) is 3.54. The number of rotatable bonds is 1. The molecular weight excluding hydrogens is 184 g/mol. The van der Waals surface area contributed by atoms with Crippen LogP contribution in [0, 0.1) is 0 Å². The van der Waals surface area contributed by atoms with Crippen molar-refractivity contribution in [2.75, 3.05) is 0 Å². The number of aromatic nitrogens is 2. The van der Waals surface area contributed by atoms with Gasteiger partial charge in [0.15, 0.2) is 0 Å². The largest absolute Gasteiger partial charge is 0.327 e. The zero-order valence-corrected chi connectivity index (χ0v) is 8.63. The van der Waals surface area contributed by atoms with Gasteiger partial charge >= 0.3 is 0 Å². The summed E-state index contributed by atoms with van der Waals surface area (Å²) in [4.78, 5) is 4.24. The number of fused-ring (bicyclic) bond motifs is 1. The van der Waals surface area contributed by atoms with Crippen molar-refractivity contribution in [2.45, 2.75) is 25.3 Å². The molecule has 0 amide bonds. The summed E-state index contributed by atoms with van der Waals surface area (Å²) in [5.74, 6) is 0. The lowest BCUT2D eigenvalue weighted by molar-refractivity contribution is 0.458. The maximum atomic E-state index is 4.24. The van der Waals surface area contributed by atoms with E-state index in [4.69, 9.17) is 0 Å². The molecular formula is C13H14N2. The maximum absolute atomic E-state index is 4.24. The van der Waals surface area contributed by atoms with E-state index in [1.807, 2.05) is 12.5 Å². The molecule has 1 aromatic carbocycles. The lowest BCUT2D eigenvalue weighted by Gasteiger charge is -2.25. The van der Waals surface area contributed by atoms with Crippen molar-refractivity contribution in [3.05, 3.63) is 54.1 Å². The molecule has 76 valence electrons. The Morgan fingerprint density at radius 1 is 1.20 bits per heavy atom. The molecule has 0 fully saturated rings. The van der Waals surface area contributed by atoms with Crippen LogP contribution in [0.1, 0.15) is 30.1 Å². The molecule has 1 aliphatic rings. The Labute approximate surface area is 89.6 Å². The van der Waals surface area contributed by atoms with Gasteiger partial charge in [-0.25, -0.2) is 4.98 Å². The van der Waals surface area contributed by atoms with Crippen LogP contribution in [-0.4, -0.2) is 9.55 Å². The Bertz CT molecular complexity index is 445. The quantitative estimate of drug-likeness (QED) is 0.689. The molecule has 0 bridgehead atoms. The lowest BCUT2D eigenvalue weighted by atomic mass is 9.96. The van der Waals surface area contributed by atoms with Gasteiger partial charge in [-0.3, -0.25) is 0 Å². The van der Waals surface area contributed by atoms with E-state index in [2.05, 4.69) is 39.9 Å². The highest BCUT2D eigenvalue weighted by Crippen LogP contribution is 2.29. The molecule has 0 spiro atoms. The highest BCUT2D eigenvalue weighted by Gasteiger charge is 2.20. The van der Waals surface area contributed by atoms with Crippen molar-refractivity contribution >= 4 is 0 Å². The molecule has 0 aliphatic carbocycles. The van der Waals surface area contributed by atoms with Crippen LogP contribution in [0.25, 0.3) is 0 Å². The highest BCUT2D eigenvalue weighted by atomic mass is 15.1. The predicted octanol–water partition coefficient (Wildman–Crippen LogP) is 2.81. The molecule has 1 aliphatic heterocycles. The van der Waals surface area contributed by atoms with Crippen LogP contribution >= 0.6 is 0 Å². The molecule has 0 saturated heterocycles. The van der Waals surface area contributed by atoms with Crippen LogP contribution in [0.3, 0.4) is 0 Å². The zero-order chi connectivity index (χ0) is 10.1. The van der Waals surface area contributed by atoms with Crippen molar-refractivity contribution in [1.29, 1.82) is 0 Å². The SMILES string of the molecule is c1ccc(C2CCCc3cncn32)cc1. The van der Waals surface area contributed by atoms with E-state index >= 15 is 0 Å². The van der Waals surface area contributed by atoms with E-state index in [0.717, 1.165) is 0 Å². The molecule has 2 nitrogen and oxygen atoms in total. The molecule has 15 heavy (non-hydrogen) atoms. The number of aryl methyl sites for hydroxylation is 1. The zero-order valence-electron chi connectivity index (χ0n) is 8.63. The van der Waals surface area contributed by atoms with Crippen LogP contribution in [-0.2, 0) is 6.42 Å². The van der Waals surface area contributed by atoms with Gasteiger partial charge in [0.2, 0.25) is 0 Å². The molecule has 3 rings (SSSR count). The van der Waals surface area contributed by atoms with Crippen LogP contribution in [0.5, 0.6) is 0 Å². The summed E-state index contributed by atoms with van der Waals surface area (Å²) in [5.41, 5.74) is 2.77. The Morgan fingerprint density at radius 2 is 2.07 bits per heavy atom. The average molecular weight is 198 g/mol. The Balaban J connectivity index is 2.03. The Hall–Kier alpha value is -1.57. The van der Waals surface area contributed by atoms with Crippen LogP contribution in [0.4, 0.5) is 0 Å². The van der Waals surface area contributed by atoms with E-state index < -0.39 is 0 Å². The molecule has 2 aromatic rings. The van der Waals surface area contributed by atoms with Gasteiger partial charge in [0, 0.05) is 11.9 Å². The first-order valence-electron chi connectivity index (χ1n) is 5.51. The molecule has 0 saturated carbocycles. The maximum Gasteiger partial charge on any atom is 0.0953 e. The minimum Gasteiger partial charge on any atom is -0.327 e. The summed E-state index contributed by atoms with van der Waals surface area (Å²) in [6.07, 6.45) is 7.63. The van der Waals surface area contributed by atoms with Gasteiger partial charge in [-0.05, 0) is 24.8 Å². The molecule has 0 N–H and O–H groups in total. The summed E-state index contributed by atoms with van der Waals surface area (Å²) >= 11 is 0. The van der Waals surface area contributed by atoms with Crippen molar-refractivity contribution in [1.82, 2.24) is 9.55 Å². The third-order valence-corrected chi connectivity index (χ3v) is 3.18. The Morgan fingerprint density at radius 3 is 2.93 bits per heavy atom. The topological polar surface area (TPSA) is 17.8 Å². The van der Waals surface area contributed by atoms with Gasteiger partial charge in [0.25, 0.3) is 0 Å². The van der Waals surface area contributed by atoms with E-state index in [1.165, 1.54) is 30.5 Å². The lowest BCUT2D eigenvalue weighted by Crippen LogP contribution is -2.17. The van der Waals surface area contributed by atoms with Crippen molar-refractivity contribution < 1.29 is 0 Å². The van der Waals surface area contributed by atoms with E-state index in [0.29, 0.717) is 6.04 Å². The van der Waals surface area contributed by atoms with Crippen LogP contribution < -0.4 is 0 Å². The first-order chi connectivity index (χ1) is 7.45. The van der Waals surface area contributed by atoms with Gasteiger partial charge < -0.3 is 4.57 Å². The number of nitrogens with zero attached hydrogens (tertiary/aromatic N) is 2. The smallest absolute Gasteiger partial charge is 0.0953 e. The fourth-order valence-electron chi connectivity index (χ4n) is 2.42. The second-order valence-electron chi connectivity index (χ2n) is 4.11. The molecule has 2 heteroatoms. The first-order valence-corrected chi connectivity index (χ1v) is 5.51. The summed E-state index contributed by atoms with van der Waals surface area (Å²) in [7, 11) is 0. The molecule has 1 aromatic heterocycles. The summed E-state index contributed by atoms with van der Waals surface area (Å²) < 4.78 is 2.32. The summed E-state index contributed by atoms with van der Waals surface area (Å²) in [5, 5.41) is 0. The standard InChI is InChI=1S/C13H14N2/c1-2-5-11(6-3-1)13-8-4-7-12-9-14-10-15(12)13/h1-3,5-6,9-10,13H,4,7-8H2. The van der Waals surface area contributed by atoms with E-state index in [9.17, 15) is 0 Å². The fourth-order valence-corrected chi connectivity index (χ4v) is 2.42. The molecule has 1 atom stereocenters. The molecule has 2 heterocycles.